The van der Waals surface area contributed by atoms with Crippen LogP contribution in [0.2, 0.25) is 0 Å². The number of nitrogens with one attached hydrogen (secondary N) is 1. The van der Waals surface area contributed by atoms with Gasteiger partial charge in [-0.25, -0.2) is 0 Å². The summed E-state index contributed by atoms with van der Waals surface area (Å²) in [5.41, 5.74) is 0. The molecule has 2 heterocycles. The second-order valence-corrected chi connectivity index (χ2v) is 14.4. The molecule has 10 atom stereocenters. The van der Waals surface area contributed by atoms with E-state index in [1.54, 1.807) is 0 Å². The van der Waals surface area contributed by atoms with Crippen LogP contribution in [0.1, 0.15) is 65.2 Å². The fraction of sp³-hybridized carbons (Fsp3) is 0.947. The molecule has 2 aliphatic rings. The van der Waals surface area contributed by atoms with E-state index >= 15 is 0 Å². The molecule has 2 aliphatic heterocycles. The van der Waals surface area contributed by atoms with Gasteiger partial charge in [-0.05, 0) is 18.6 Å². The average Bonchev–Trinajstić information content (AvgIpc) is 3.20. The maximum absolute atomic E-state index is 12.1. The molecule has 342 valence electrons. The first-order chi connectivity index (χ1) is 28.1. The minimum absolute atomic E-state index is 0.0220. The number of thiol groups is 1. The van der Waals surface area contributed by atoms with Crippen molar-refractivity contribution >= 4 is 24.5 Å². The van der Waals surface area contributed by atoms with Gasteiger partial charge in [0.15, 0.2) is 12.6 Å². The van der Waals surface area contributed by atoms with E-state index in [0.29, 0.717) is 59.5 Å². The number of ether oxygens (including phenoxy) is 11. The zero-order valence-corrected chi connectivity index (χ0v) is 35.1. The molecule has 0 aromatic carbocycles. The normalized spacial score (nSPS) is 27.4. The van der Waals surface area contributed by atoms with Gasteiger partial charge in [0.2, 0.25) is 5.91 Å². The number of carbonyl (C=O) groups excluding carboxylic acids is 2. The molecule has 1 amide bonds. The first-order valence-electron chi connectivity index (χ1n) is 20.5. The average molecular weight is 862 g/mol. The van der Waals surface area contributed by atoms with Crippen LogP contribution in [0.25, 0.3) is 0 Å². The van der Waals surface area contributed by atoms with Gasteiger partial charge in [-0.1, -0.05) is 38.5 Å². The van der Waals surface area contributed by atoms with Crippen molar-refractivity contribution in [2.75, 3.05) is 105 Å². The summed E-state index contributed by atoms with van der Waals surface area (Å²) in [5, 5.41) is 54.2. The van der Waals surface area contributed by atoms with Crippen LogP contribution in [0.5, 0.6) is 0 Å². The van der Waals surface area contributed by atoms with Gasteiger partial charge in [-0.15, -0.1) is 0 Å². The summed E-state index contributed by atoms with van der Waals surface area (Å²) in [6.07, 6.45) is -3.51. The minimum atomic E-state index is -1.79. The predicted octanol–water partition coefficient (Wildman–Crippen LogP) is -0.508. The first-order valence-corrected chi connectivity index (χ1v) is 21.1. The van der Waals surface area contributed by atoms with Gasteiger partial charge >= 0.3 is 5.97 Å². The molecule has 20 heteroatoms. The molecule has 6 N–H and O–H groups in total. The molecule has 2 rings (SSSR count). The molecule has 0 bridgehead atoms. The van der Waals surface area contributed by atoms with E-state index in [4.69, 9.17) is 52.1 Å². The number of aliphatic hydroxyl groups excluding tert-OH is 5. The Hall–Kier alpha value is -1.31. The second kappa shape index (κ2) is 33.3. The number of amides is 1. The van der Waals surface area contributed by atoms with Crippen molar-refractivity contribution in [3.05, 3.63) is 0 Å². The highest BCUT2D eigenvalue weighted by Crippen LogP contribution is 2.30. The van der Waals surface area contributed by atoms with Crippen LogP contribution in [0.15, 0.2) is 0 Å². The number of rotatable bonds is 35. The molecule has 0 aromatic rings. The van der Waals surface area contributed by atoms with Gasteiger partial charge in [0.1, 0.15) is 55.4 Å². The SMILES string of the molecule is CC(=O)NC1C(OCCOCCOCCOCCOCCOCCOCCCCCCCCCCS)OC(COC(C)=O)C(OC2OC(CO)C(O)C(O)C2O)C1O. The summed E-state index contributed by atoms with van der Waals surface area (Å²) < 4.78 is 61.3. The Morgan fingerprint density at radius 1 is 0.569 bits per heavy atom. The van der Waals surface area contributed by atoms with Crippen LogP contribution >= 0.6 is 12.6 Å². The lowest BCUT2D eigenvalue weighted by Gasteiger charge is -2.47. The number of carbonyl (C=O) groups is 2. The van der Waals surface area contributed by atoms with Crippen LogP contribution in [0, 0.1) is 0 Å². The van der Waals surface area contributed by atoms with E-state index in [9.17, 15) is 35.1 Å². The summed E-state index contributed by atoms with van der Waals surface area (Å²) in [6, 6.07) is -1.20. The van der Waals surface area contributed by atoms with Crippen molar-refractivity contribution in [2.24, 2.45) is 0 Å². The zero-order chi connectivity index (χ0) is 42.4. The van der Waals surface area contributed by atoms with Gasteiger partial charge < -0.3 is 83.0 Å². The van der Waals surface area contributed by atoms with Gasteiger partial charge in [0.25, 0.3) is 0 Å². The van der Waals surface area contributed by atoms with Crippen LogP contribution in [-0.2, 0) is 61.7 Å². The highest BCUT2D eigenvalue weighted by molar-refractivity contribution is 7.80. The number of esters is 1. The van der Waals surface area contributed by atoms with Crippen LogP contribution in [0.3, 0.4) is 0 Å². The maximum atomic E-state index is 12.1. The lowest BCUT2D eigenvalue weighted by Crippen LogP contribution is -2.67. The van der Waals surface area contributed by atoms with Crippen molar-refractivity contribution in [1.29, 1.82) is 0 Å². The number of aliphatic hydroxyl groups is 5. The van der Waals surface area contributed by atoms with Crippen LogP contribution in [-0.4, -0.2) is 204 Å². The van der Waals surface area contributed by atoms with E-state index in [-0.39, 0.29) is 19.8 Å². The van der Waals surface area contributed by atoms with Gasteiger partial charge in [-0.3, -0.25) is 9.59 Å². The lowest BCUT2D eigenvalue weighted by molar-refractivity contribution is -0.348. The van der Waals surface area contributed by atoms with Gasteiger partial charge in [-0.2, -0.15) is 12.6 Å². The Morgan fingerprint density at radius 2 is 1.03 bits per heavy atom. The predicted molar refractivity (Wildman–Crippen MR) is 209 cm³/mol. The van der Waals surface area contributed by atoms with E-state index in [2.05, 4.69) is 17.9 Å². The fourth-order valence-corrected chi connectivity index (χ4v) is 6.31. The molecular formula is C38H71NO18S. The second-order valence-electron chi connectivity index (χ2n) is 14.0. The lowest BCUT2D eigenvalue weighted by atomic mass is 9.95. The van der Waals surface area contributed by atoms with Crippen molar-refractivity contribution in [3.8, 4) is 0 Å². The zero-order valence-electron chi connectivity index (χ0n) is 34.2. The number of unbranched alkanes of at least 4 members (excludes halogenated alkanes) is 7. The molecule has 0 aliphatic carbocycles. The van der Waals surface area contributed by atoms with E-state index in [0.717, 1.165) is 18.8 Å². The van der Waals surface area contributed by atoms with Crippen molar-refractivity contribution in [3.63, 3.8) is 0 Å². The van der Waals surface area contributed by atoms with E-state index in [1.165, 1.54) is 58.8 Å². The molecule has 0 radical (unpaired) electrons. The highest BCUT2D eigenvalue weighted by atomic mass is 32.1. The Labute approximate surface area is 347 Å². The molecule has 2 fully saturated rings. The Morgan fingerprint density at radius 3 is 1.52 bits per heavy atom. The number of hydrogen-bond donors (Lipinski definition) is 7. The Kier molecular flexibility index (Phi) is 30.4. The highest BCUT2D eigenvalue weighted by Gasteiger charge is 2.51. The molecule has 0 saturated carbocycles. The molecule has 19 nitrogen and oxygen atoms in total. The third-order valence-electron chi connectivity index (χ3n) is 9.20. The molecule has 2 saturated heterocycles. The van der Waals surface area contributed by atoms with Gasteiger partial charge in [0.05, 0.1) is 85.9 Å². The van der Waals surface area contributed by atoms with Crippen molar-refractivity contribution in [1.82, 2.24) is 5.32 Å². The van der Waals surface area contributed by atoms with Crippen LogP contribution in [0.4, 0.5) is 0 Å². The van der Waals surface area contributed by atoms with Crippen molar-refractivity contribution in [2.45, 2.75) is 127 Å². The van der Waals surface area contributed by atoms with Gasteiger partial charge in [0, 0.05) is 20.5 Å². The summed E-state index contributed by atoms with van der Waals surface area (Å²) in [6.45, 7) is 6.40. The topological polar surface area (TPSA) is 249 Å². The molecular weight excluding hydrogens is 790 g/mol. The maximum Gasteiger partial charge on any atom is 0.302 e. The summed E-state index contributed by atoms with van der Waals surface area (Å²) >= 11 is 4.24. The summed E-state index contributed by atoms with van der Waals surface area (Å²) in [7, 11) is 0. The Balaban J connectivity index is 1.53. The third-order valence-corrected chi connectivity index (χ3v) is 9.52. The monoisotopic (exact) mass is 861 g/mol. The molecule has 0 spiro atoms. The fourth-order valence-electron chi connectivity index (χ4n) is 6.09. The largest absolute Gasteiger partial charge is 0.463 e. The first kappa shape index (κ1) is 52.8. The van der Waals surface area contributed by atoms with Crippen molar-refractivity contribution < 1.29 is 87.2 Å². The molecule has 0 aromatic heterocycles. The third kappa shape index (κ3) is 22.5. The smallest absolute Gasteiger partial charge is 0.302 e. The molecule has 10 unspecified atom stereocenters. The number of hydrogen-bond acceptors (Lipinski definition) is 19. The van der Waals surface area contributed by atoms with Crippen LogP contribution < -0.4 is 5.32 Å². The minimum Gasteiger partial charge on any atom is -0.463 e. The summed E-state index contributed by atoms with van der Waals surface area (Å²) in [4.78, 5) is 23.7. The van der Waals surface area contributed by atoms with E-state index < -0.39 is 86.4 Å². The Bertz CT molecular complexity index is 1030. The quantitative estimate of drug-likeness (QED) is 0.0241. The molecule has 58 heavy (non-hydrogen) atoms. The van der Waals surface area contributed by atoms with E-state index in [1.807, 2.05) is 0 Å². The summed E-state index contributed by atoms with van der Waals surface area (Å²) in [5.74, 6) is -0.201. The standard InChI is InChI=1S/C38H71NO18S/c1-27(41)39-31-33(44)36(57-38-35(46)34(45)32(43)29(25-40)55-38)30(26-54-28(2)42)56-37(31)53-23-22-52-21-20-51-19-18-50-17-16-49-15-14-48-13-12-47-11-9-7-5-3-4-6-8-10-24-58/h29-38,40,43-46,58H,3-26H2,1-2H3,(H,39,41).